The second-order valence-electron chi connectivity index (χ2n) is 5.56. The average molecular weight is 369 g/mol. The van der Waals surface area contributed by atoms with Gasteiger partial charge in [-0.3, -0.25) is 0 Å². The fourth-order valence-electron chi connectivity index (χ4n) is 2.40. The third-order valence-corrected chi connectivity index (χ3v) is 3.66. The van der Waals surface area contributed by atoms with E-state index in [1.165, 1.54) is 18.3 Å². The highest BCUT2D eigenvalue weighted by molar-refractivity contribution is 5.67. The summed E-state index contributed by atoms with van der Waals surface area (Å²) in [7, 11) is 0. The van der Waals surface area contributed by atoms with Gasteiger partial charge in [0.1, 0.15) is 12.4 Å². The molecule has 3 aromatic rings. The zero-order chi connectivity index (χ0) is 19.3. The van der Waals surface area contributed by atoms with Gasteiger partial charge in [0.15, 0.2) is 0 Å². The lowest BCUT2D eigenvalue weighted by molar-refractivity contribution is -0.274. The molecule has 0 saturated carbocycles. The van der Waals surface area contributed by atoms with Gasteiger partial charge in [-0.2, -0.15) is 0 Å². The van der Waals surface area contributed by atoms with Gasteiger partial charge in [0.25, 0.3) is 0 Å². The fourth-order valence-corrected chi connectivity index (χ4v) is 2.40. The molecule has 0 amide bonds. The van der Waals surface area contributed by atoms with Crippen LogP contribution < -0.4 is 9.47 Å². The summed E-state index contributed by atoms with van der Waals surface area (Å²) in [6, 6.07) is 17.2. The van der Waals surface area contributed by atoms with Crippen LogP contribution in [0.4, 0.5) is 13.2 Å². The first-order chi connectivity index (χ1) is 12.9. The number of pyridine rings is 1. The highest BCUT2D eigenvalue weighted by Gasteiger charge is 2.32. The number of alkyl halides is 3. The minimum atomic E-state index is -4.82. The van der Waals surface area contributed by atoms with Crippen molar-refractivity contribution in [2.45, 2.75) is 13.0 Å². The predicted molar refractivity (Wildman–Crippen MR) is 95.1 cm³/mol. The van der Waals surface area contributed by atoms with Crippen LogP contribution in [0, 0.1) is 12.3 Å². The molecule has 2 aromatic carbocycles. The van der Waals surface area contributed by atoms with Gasteiger partial charge in [0.2, 0.25) is 5.88 Å². The highest BCUT2D eigenvalue weighted by atomic mass is 19.4. The highest BCUT2D eigenvalue weighted by Crippen LogP contribution is 2.31. The van der Waals surface area contributed by atoms with Gasteiger partial charge in [-0.05, 0) is 29.3 Å². The fraction of sp³-hybridized carbons (Fsp3) is 0.0952. The molecular weight excluding hydrogens is 355 g/mol. The first kappa shape index (κ1) is 18.3. The molecule has 0 N–H and O–H groups in total. The average Bonchev–Trinajstić information content (AvgIpc) is 2.66. The maximum atomic E-state index is 12.5. The van der Waals surface area contributed by atoms with Crippen molar-refractivity contribution in [3.8, 4) is 35.1 Å². The van der Waals surface area contributed by atoms with E-state index in [1.54, 1.807) is 18.2 Å². The standard InChI is InChI=1S/C21H14F3NO2/c1-2-16-8-9-17(12-19(16)27-21(22,23)24)18-10-11-20(25-13-18)26-14-15-6-4-3-5-7-15/h1,3-13H,14H2. The van der Waals surface area contributed by atoms with Gasteiger partial charge in [-0.1, -0.05) is 42.3 Å². The zero-order valence-corrected chi connectivity index (χ0v) is 14.0. The van der Waals surface area contributed by atoms with E-state index in [9.17, 15) is 13.2 Å². The van der Waals surface area contributed by atoms with Gasteiger partial charge < -0.3 is 9.47 Å². The molecule has 0 spiro atoms. The van der Waals surface area contributed by atoms with Crippen molar-refractivity contribution in [1.82, 2.24) is 4.98 Å². The second-order valence-corrected chi connectivity index (χ2v) is 5.56. The number of rotatable bonds is 5. The van der Waals surface area contributed by atoms with Gasteiger partial charge in [0.05, 0.1) is 5.56 Å². The second kappa shape index (κ2) is 7.83. The van der Waals surface area contributed by atoms with Gasteiger partial charge in [-0.15, -0.1) is 19.6 Å². The Kier molecular flexibility index (Phi) is 5.32. The SMILES string of the molecule is C#Cc1ccc(-c2ccc(OCc3ccccc3)nc2)cc1OC(F)(F)F. The van der Waals surface area contributed by atoms with E-state index in [1.807, 2.05) is 30.3 Å². The van der Waals surface area contributed by atoms with Crippen LogP contribution in [0.5, 0.6) is 11.6 Å². The molecule has 1 aromatic heterocycles. The molecule has 0 fully saturated rings. The molecule has 0 radical (unpaired) electrons. The summed E-state index contributed by atoms with van der Waals surface area (Å²) in [5.41, 5.74) is 2.13. The quantitative estimate of drug-likeness (QED) is 0.579. The summed E-state index contributed by atoms with van der Waals surface area (Å²) in [5, 5.41) is 0. The molecule has 3 nitrogen and oxygen atoms in total. The van der Waals surface area contributed by atoms with E-state index >= 15 is 0 Å². The number of ether oxygens (including phenoxy) is 2. The number of benzene rings is 2. The minimum absolute atomic E-state index is 0.0202. The summed E-state index contributed by atoms with van der Waals surface area (Å²) in [4.78, 5) is 4.19. The first-order valence-electron chi connectivity index (χ1n) is 7.94. The van der Waals surface area contributed by atoms with Crippen molar-refractivity contribution in [2.75, 3.05) is 0 Å². The molecule has 0 aliphatic carbocycles. The van der Waals surface area contributed by atoms with Crippen LogP contribution >= 0.6 is 0 Å². The Balaban J connectivity index is 1.76. The monoisotopic (exact) mass is 369 g/mol. The first-order valence-corrected chi connectivity index (χ1v) is 7.94. The number of aromatic nitrogens is 1. The number of hydrogen-bond donors (Lipinski definition) is 0. The summed E-state index contributed by atoms with van der Waals surface area (Å²) < 4.78 is 47.3. The lowest BCUT2D eigenvalue weighted by Gasteiger charge is -2.12. The molecule has 1 heterocycles. The predicted octanol–water partition coefficient (Wildman–Crippen LogP) is 5.21. The van der Waals surface area contributed by atoms with E-state index in [2.05, 4.69) is 15.6 Å². The van der Waals surface area contributed by atoms with Crippen LogP contribution in [0.15, 0.2) is 66.9 Å². The Bertz CT molecular complexity index is 946. The Labute approximate surface area is 154 Å². The third kappa shape index (κ3) is 5.02. The van der Waals surface area contributed by atoms with Crippen molar-refractivity contribution in [3.05, 3.63) is 78.0 Å². The Morgan fingerprint density at radius 1 is 0.963 bits per heavy atom. The summed E-state index contributed by atoms with van der Waals surface area (Å²) in [6.07, 6.45) is 1.93. The van der Waals surface area contributed by atoms with E-state index in [-0.39, 0.29) is 5.56 Å². The molecular formula is C21H14F3NO2. The minimum Gasteiger partial charge on any atom is -0.473 e. The Morgan fingerprint density at radius 2 is 1.70 bits per heavy atom. The maximum absolute atomic E-state index is 12.5. The Morgan fingerprint density at radius 3 is 2.33 bits per heavy atom. The van der Waals surface area contributed by atoms with Crippen molar-refractivity contribution in [3.63, 3.8) is 0 Å². The van der Waals surface area contributed by atoms with E-state index in [0.717, 1.165) is 5.56 Å². The van der Waals surface area contributed by atoms with Crippen LogP contribution in [-0.4, -0.2) is 11.3 Å². The largest absolute Gasteiger partial charge is 0.573 e. The maximum Gasteiger partial charge on any atom is 0.573 e. The third-order valence-electron chi connectivity index (χ3n) is 3.66. The van der Waals surface area contributed by atoms with Crippen molar-refractivity contribution < 1.29 is 22.6 Å². The summed E-state index contributed by atoms with van der Waals surface area (Å²) >= 11 is 0. The molecule has 0 aliphatic heterocycles. The van der Waals surface area contributed by atoms with Crippen LogP contribution in [0.2, 0.25) is 0 Å². The normalized spacial score (nSPS) is 10.9. The van der Waals surface area contributed by atoms with E-state index in [4.69, 9.17) is 11.2 Å². The van der Waals surface area contributed by atoms with Gasteiger partial charge >= 0.3 is 6.36 Å². The van der Waals surface area contributed by atoms with E-state index in [0.29, 0.717) is 23.6 Å². The van der Waals surface area contributed by atoms with Crippen molar-refractivity contribution in [1.29, 1.82) is 0 Å². The van der Waals surface area contributed by atoms with Crippen LogP contribution in [0.1, 0.15) is 11.1 Å². The summed E-state index contributed by atoms with van der Waals surface area (Å²) in [5.74, 6) is 2.17. The Hall–Kier alpha value is -3.46. The molecule has 0 bridgehead atoms. The van der Waals surface area contributed by atoms with Gasteiger partial charge in [-0.25, -0.2) is 4.98 Å². The van der Waals surface area contributed by atoms with Crippen LogP contribution in [0.25, 0.3) is 11.1 Å². The summed E-state index contributed by atoms with van der Waals surface area (Å²) in [6.45, 7) is 0.369. The number of nitrogens with zero attached hydrogens (tertiary/aromatic N) is 1. The number of halogens is 3. The van der Waals surface area contributed by atoms with Crippen LogP contribution in [0.3, 0.4) is 0 Å². The molecule has 0 unspecified atom stereocenters. The molecule has 0 aliphatic rings. The molecule has 136 valence electrons. The zero-order valence-electron chi connectivity index (χ0n) is 14.0. The van der Waals surface area contributed by atoms with Crippen molar-refractivity contribution in [2.24, 2.45) is 0 Å². The number of hydrogen-bond acceptors (Lipinski definition) is 3. The van der Waals surface area contributed by atoms with Crippen molar-refractivity contribution >= 4 is 0 Å². The molecule has 27 heavy (non-hydrogen) atoms. The lowest BCUT2D eigenvalue weighted by atomic mass is 10.0. The molecule has 3 rings (SSSR count). The van der Waals surface area contributed by atoms with Gasteiger partial charge in [0, 0.05) is 17.8 Å². The molecule has 6 heteroatoms. The smallest absolute Gasteiger partial charge is 0.473 e. The molecule has 0 saturated heterocycles. The van der Waals surface area contributed by atoms with E-state index < -0.39 is 12.1 Å². The van der Waals surface area contributed by atoms with Crippen LogP contribution in [-0.2, 0) is 6.61 Å². The molecule has 0 atom stereocenters. The number of terminal acetylenes is 1. The topological polar surface area (TPSA) is 31.4 Å². The lowest BCUT2D eigenvalue weighted by Crippen LogP contribution is -2.17.